The molecule has 1 saturated heterocycles. The van der Waals surface area contributed by atoms with Gasteiger partial charge in [-0.2, -0.15) is 4.98 Å². The molecule has 1 aromatic heterocycles. The molecule has 4 N–H and O–H groups in total. The summed E-state index contributed by atoms with van der Waals surface area (Å²) in [6.45, 7) is 2.26. The Bertz CT molecular complexity index is 938. The van der Waals surface area contributed by atoms with Gasteiger partial charge < -0.3 is 21.3 Å². The summed E-state index contributed by atoms with van der Waals surface area (Å²) in [5.74, 6) is 0.997. The van der Waals surface area contributed by atoms with E-state index in [-0.39, 0.29) is 0 Å². The van der Waals surface area contributed by atoms with Gasteiger partial charge in [0, 0.05) is 35.8 Å². The number of nitrogens with one attached hydrogen (secondary N) is 2. The summed E-state index contributed by atoms with van der Waals surface area (Å²) in [5, 5.41) is 6.85. The Labute approximate surface area is 169 Å². The standard InChI is InChI=1S/C21H23ClN6/c22-19-14-24-21(27-20(19)25-17-6-4-5-15(23)13-17)26-16-7-9-18(10-8-16)28-11-2-1-3-12-28/h4-10,13-14H,1-3,11-12,23H2,(H2,24,25,26,27). The van der Waals surface area contributed by atoms with Crippen LogP contribution in [0.1, 0.15) is 19.3 Å². The largest absolute Gasteiger partial charge is 0.399 e. The van der Waals surface area contributed by atoms with Crippen molar-refractivity contribution in [3.05, 3.63) is 59.8 Å². The highest BCUT2D eigenvalue weighted by atomic mass is 35.5. The number of hydrogen-bond donors (Lipinski definition) is 3. The van der Waals surface area contributed by atoms with Crippen molar-refractivity contribution in [2.75, 3.05) is 34.4 Å². The lowest BCUT2D eigenvalue weighted by atomic mass is 10.1. The Balaban J connectivity index is 1.47. The average molecular weight is 395 g/mol. The minimum Gasteiger partial charge on any atom is -0.399 e. The Morgan fingerprint density at radius 2 is 1.71 bits per heavy atom. The van der Waals surface area contributed by atoms with Crippen molar-refractivity contribution in [2.24, 2.45) is 0 Å². The summed E-state index contributed by atoms with van der Waals surface area (Å²) in [4.78, 5) is 11.2. The van der Waals surface area contributed by atoms with Gasteiger partial charge in [0.15, 0.2) is 5.82 Å². The van der Waals surface area contributed by atoms with Gasteiger partial charge in [-0.15, -0.1) is 0 Å². The van der Waals surface area contributed by atoms with Crippen LogP contribution < -0.4 is 21.3 Å². The van der Waals surface area contributed by atoms with Gasteiger partial charge in [0.2, 0.25) is 5.95 Å². The molecule has 1 aliphatic rings. The first-order valence-corrected chi connectivity index (χ1v) is 9.82. The minimum absolute atomic E-state index is 0.438. The first-order valence-electron chi connectivity index (χ1n) is 9.44. The summed E-state index contributed by atoms with van der Waals surface area (Å²) in [6.07, 6.45) is 5.44. The molecule has 2 aromatic carbocycles. The fourth-order valence-electron chi connectivity index (χ4n) is 3.30. The second kappa shape index (κ2) is 8.35. The van der Waals surface area contributed by atoms with Crippen LogP contribution in [0, 0.1) is 0 Å². The lowest BCUT2D eigenvalue weighted by Gasteiger charge is -2.28. The quantitative estimate of drug-likeness (QED) is 0.517. The molecule has 1 fully saturated rings. The Kier molecular flexibility index (Phi) is 5.48. The SMILES string of the molecule is Nc1cccc(Nc2nc(Nc3ccc(N4CCCCC4)cc3)ncc2Cl)c1. The maximum Gasteiger partial charge on any atom is 0.229 e. The van der Waals surface area contributed by atoms with Crippen molar-refractivity contribution >= 4 is 46.1 Å². The minimum atomic E-state index is 0.438. The molecule has 28 heavy (non-hydrogen) atoms. The smallest absolute Gasteiger partial charge is 0.229 e. The molecule has 3 aromatic rings. The normalized spacial score (nSPS) is 14.0. The Hall–Kier alpha value is -2.99. The van der Waals surface area contributed by atoms with E-state index >= 15 is 0 Å². The van der Waals surface area contributed by atoms with Crippen LogP contribution in [-0.2, 0) is 0 Å². The number of nitrogen functional groups attached to an aromatic ring is 1. The fourth-order valence-corrected chi connectivity index (χ4v) is 3.44. The fraction of sp³-hybridized carbons (Fsp3) is 0.238. The molecule has 0 saturated carbocycles. The van der Waals surface area contributed by atoms with Crippen molar-refractivity contribution in [1.82, 2.24) is 9.97 Å². The molecule has 0 radical (unpaired) electrons. The predicted octanol–water partition coefficient (Wildman–Crippen LogP) is 5.19. The van der Waals surface area contributed by atoms with E-state index < -0.39 is 0 Å². The van der Waals surface area contributed by atoms with E-state index in [2.05, 4.69) is 37.6 Å². The highest BCUT2D eigenvalue weighted by Crippen LogP contribution is 2.27. The van der Waals surface area contributed by atoms with Crippen molar-refractivity contribution in [1.29, 1.82) is 0 Å². The number of rotatable bonds is 5. The second-order valence-corrected chi connectivity index (χ2v) is 7.27. The van der Waals surface area contributed by atoms with Crippen molar-refractivity contribution in [3.63, 3.8) is 0 Å². The van der Waals surface area contributed by atoms with Crippen LogP contribution in [0.2, 0.25) is 5.02 Å². The topological polar surface area (TPSA) is 79.1 Å². The van der Waals surface area contributed by atoms with Crippen LogP contribution in [0.4, 0.5) is 34.5 Å². The molecular formula is C21H23ClN6. The van der Waals surface area contributed by atoms with Gasteiger partial charge in [0.25, 0.3) is 0 Å². The Morgan fingerprint density at radius 3 is 2.46 bits per heavy atom. The van der Waals surface area contributed by atoms with E-state index in [0.717, 1.165) is 24.5 Å². The molecule has 0 bridgehead atoms. The first kappa shape index (κ1) is 18.4. The van der Waals surface area contributed by atoms with Gasteiger partial charge in [0.1, 0.15) is 5.02 Å². The molecule has 0 amide bonds. The van der Waals surface area contributed by atoms with Crippen LogP contribution in [0.3, 0.4) is 0 Å². The highest BCUT2D eigenvalue weighted by Gasteiger charge is 2.11. The number of anilines is 6. The van der Waals surface area contributed by atoms with E-state index in [1.54, 1.807) is 6.20 Å². The van der Waals surface area contributed by atoms with Crippen LogP contribution in [0.25, 0.3) is 0 Å². The van der Waals surface area contributed by atoms with Gasteiger partial charge in [-0.3, -0.25) is 0 Å². The molecule has 6 nitrogen and oxygen atoms in total. The van der Waals surface area contributed by atoms with Crippen LogP contribution in [0.15, 0.2) is 54.7 Å². The van der Waals surface area contributed by atoms with Crippen molar-refractivity contribution in [3.8, 4) is 0 Å². The third kappa shape index (κ3) is 4.46. The highest BCUT2D eigenvalue weighted by molar-refractivity contribution is 6.32. The molecule has 2 heterocycles. The van der Waals surface area contributed by atoms with E-state index in [4.69, 9.17) is 17.3 Å². The third-order valence-corrected chi connectivity index (χ3v) is 5.01. The lowest BCUT2D eigenvalue weighted by molar-refractivity contribution is 0.578. The maximum atomic E-state index is 6.24. The zero-order valence-electron chi connectivity index (χ0n) is 15.5. The number of halogens is 1. The molecule has 0 unspecified atom stereocenters. The average Bonchev–Trinajstić information content (AvgIpc) is 2.72. The van der Waals surface area contributed by atoms with Crippen molar-refractivity contribution in [2.45, 2.75) is 19.3 Å². The maximum absolute atomic E-state index is 6.24. The molecule has 144 valence electrons. The predicted molar refractivity (Wildman–Crippen MR) is 117 cm³/mol. The number of nitrogens with zero attached hydrogens (tertiary/aromatic N) is 3. The first-order chi connectivity index (χ1) is 13.7. The van der Waals surface area contributed by atoms with Crippen LogP contribution >= 0.6 is 11.6 Å². The van der Waals surface area contributed by atoms with E-state index in [1.807, 2.05) is 36.4 Å². The third-order valence-electron chi connectivity index (χ3n) is 4.74. The number of hydrogen-bond acceptors (Lipinski definition) is 6. The molecule has 0 aliphatic carbocycles. The number of aromatic nitrogens is 2. The van der Waals surface area contributed by atoms with Gasteiger partial charge in [-0.05, 0) is 61.7 Å². The molecule has 1 aliphatic heterocycles. The number of nitrogens with two attached hydrogens (primary N) is 1. The van der Waals surface area contributed by atoms with Crippen LogP contribution in [0.5, 0.6) is 0 Å². The summed E-state index contributed by atoms with van der Waals surface area (Å²) >= 11 is 6.24. The molecule has 7 heteroatoms. The summed E-state index contributed by atoms with van der Waals surface area (Å²) < 4.78 is 0. The van der Waals surface area contributed by atoms with E-state index in [9.17, 15) is 0 Å². The molecule has 0 spiro atoms. The van der Waals surface area contributed by atoms with E-state index in [1.165, 1.54) is 24.9 Å². The summed E-state index contributed by atoms with van der Waals surface area (Å²) in [5.41, 5.74) is 9.50. The number of piperidine rings is 1. The number of benzene rings is 2. The van der Waals surface area contributed by atoms with Gasteiger partial charge >= 0.3 is 0 Å². The van der Waals surface area contributed by atoms with Gasteiger partial charge in [0.05, 0.1) is 6.20 Å². The lowest BCUT2D eigenvalue weighted by Crippen LogP contribution is -2.29. The van der Waals surface area contributed by atoms with Gasteiger partial charge in [-0.25, -0.2) is 4.98 Å². The second-order valence-electron chi connectivity index (χ2n) is 6.86. The van der Waals surface area contributed by atoms with Crippen LogP contribution in [-0.4, -0.2) is 23.1 Å². The zero-order chi connectivity index (χ0) is 19.3. The Morgan fingerprint density at radius 1 is 0.929 bits per heavy atom. The van der Waals surface area contributed by atoms with E-state index in [0.29, 0.717) is 22.5 Å². The zero-order valence-corrected chi connectivity index (χ0v) is 16.3. The van der Waals surface area contributed by atoms with Crippen molar-refractivity contribution < 1.29 is 0 Å². The molecule has 0 atom stereocenters. The summed E-state index contributed by atoms with van der Waals surface area (Å²) in [7, 11) is 0. The molecular weight excluding hydrogens is 372 g/mol. The monoisotopic (exact) mass is 394 g/mol. The molecule has 4 rings (SSSR count). The van der Waals surface area contributed by atoms with Gasteiger partial charge in [-0.1, -0.05) is 17.7 Å². The summed E-state index contributed by atoms with van der Waals surface area (Å²) in [6, 6.07) is 15.8.